The average molecular weight is 453 g/mol. The van der Waals surface area contributed by atoms with Crippen LogP contribution in [0.5, 0.6) is 0 Å². The van der Waals surface area contributed by atoms with Gasteiger partial charge in [0.2, 0.25) is 5.91 Å². The summed E-state index contributed by atoms with van der Waals surface area (Å²) < 4.78 is 20.1. The van der Waals surface area contributed by atoms with Crippen molar-refractivity contribution in [3.63, 3.8) is 0 Å². The minimum absolute atomic E-state index is 0.0360. The smallest absolute Gasteiger partial charge is 0.322 e. The molecule has 3 aliphatic rings. The van der Waals surface area contributed by atoms with Crippen LogP contribution in [-0.2, 0) is 9.53 Å². The van der Waals surface area contributed by atoms with Crippen LogP contribution >= 0.6 is 11.6 Å². The number of halogens is 2. The van der Waals surface area contributed by atoms with Gasteiger partial charge in [-0.3, -0.25) is 9.69 Å². The average Bonchev–Trinajstić information content (AvgIpc) is 3.52. The first-order chi connectivity index (χ1) is 14.9. The van der Waals surface area contributed by atoms with Crippen LogP contribution in [0.4, 0.5) is 14.9 Å². The number of amides is 3. The molecule has 1 aromatic carbocycles. The van der Waals surface area contributed by atoms with Gasteiger partial charge < -0.3 is 19.9 Å². The van der Waals surface area contributed by atoms with E-state index in [1.54, 1.807) is 11.0 Å². The highest BCUT2D eigenvalue weighted by Gasteiger charge is 2.46. The Kier molecular flexibility index (Phi) is 6.69. The molecule has 0 unspecified atom stereocenters. The van der Waals surface area contributed by atoms with Crippen molar-refractivity contribution in [1.82, 2.24) is 14.7 Å². The topological polar surface area (TPSA) is 65.1 Å². The van der Waals surface area contributed by atoms with Crippen molar-refractivity contribution in [2.24, 2.45) is 0 Å². The molecule has 170 valence electrons. The number of anilines is 1. The molecule has 1 spiro atoms. The minimum Gasteiger partial charge on any atom is -0.360 e. The lowest BCUT2D eigenvalue weighted by Crippen LogP contribution is -2.45. The molecule has 1 aliphatic carbocycles. The number of hydrogen-bond donors (Lipinski definition) is 1. The summed E-state index contributed by atoms with van der Waals surface area (Å²) in [6.07, 6.45) is 4.61. The van der Waals surface area contributed by atoms with Gasteiger partial charge in [0, 0.05) is 45.2 Å². The predicted octanol–water partition coefficient (Wildman–Crippen LogP) is 3.54. The molecule has 1 N–H and O–H groups in total. The van der Waals surface area contributed by atoms with Crippen LogP contribution in [0.15, 0.2) is 18.2 Å². The number of nitrogens with one attached hydrogen (secondary N) is 1. The largest absolute Gasteiger partial charge is 0.360 e. The fourth-order valence-electron chi connectivity index (χ4n) is 4.34. The monoisotopic (exact) mass is 452 g/mol. The van der Waals surface area contributed by atoms with E-state index in [1.807, 2.05) is 11.8 Å². The summed E-state index contributed by atoms with van der Waals surface area (Å²) in [5.41, 5.74) is 0.221. The van der Waals surface area contributed by atoms with Gasteiger partial charge in [-0.2, -0.15) is 0 Å². The molecule has 4 rings (SSSR count). The molecule has 1 atom stereocenters. The van der Waals surface area contributed by atoms with Gasteiger partial charge in [0.1, 0.15) is 0 Å². The van der Waals surface area contributed by atoms with Crippen molar-refractivity contribution in [1.29, 1.82) is 0 Å². The fourth-order valence-corrected chi connectivity index (χ4v) is 4.52. The summed E-state index contributed by atoms with van der Waals surface area (Å²) in [4.78, 5) is 31.1. The lowest BCUT2D eigenvalue weighted by molar-refractivity contribution is -0.130. The second kappa shape index (κ2) is 9.30. The predicted molar refractivity (Wildman–Crippen MR) is 117 cm³/mol. The first-order valence-corrected chi connectivity index (χ1v) is 11.4. The maximum Gasteiger partial charge on any atom is 0.322 e. The van der Waals surface area contributed by atoms with Crippen LogP contribution in [0.1, 0.15) is 39.0 Å². The summed E-state index contributed by atoms with van der Waals surface area (Å²) in [5, 5.41) is 2.54. The summed E-state index contributed by atoms with van der Waals surface area (Å²) >= 11 is 5.80. The maximum atomic E-state index is 14.1. The molecule has 0 radical (unpaired) electrons. The van der Waals surface area contributed by atoms with Crippen LogP contribution in [0.25, 0.3) is 0 Å². The van der Waals surface area contributed by atoms with Crippen LogP contribution < -0.4 is 5.32 Å². The summed E-state index contributed by atoms with van der Waals surface area (Å²) in [7, 11) is 0. The Morgan fingerprint density at radius 2 is 2.10 bits per heavy atom. The molecule has 2 heterocycles. The Balaban J connectivity index is 1.27. The normalized spacial score (nSPS) is 23.7. The van der Waals surface area contributed by atoms with Crippen molar-refractivity contribution < 1.29 is 18.7 Å². The van der Waals surface area contributed by atoms with Gasteiger partial charge in [0.05, 0.1) is 23.0 Å². The Bertz CT molecular complexity index is 825. The van der Waals surface area contributed by atoms with E-state index in [0.717, 1.165) is 25.9 Å². The van der Waals surface area contributed by atoms with E-state index in [0.29, 0.717) is 26.4 Å². The zero-order valence-corrected chi connectivity index (χ0v) is 18.7. The highest BCUT2D eigenvalue weighted by molar-refractivity contribution is 6.31. The second-order valence-corrected chi connectivity index (χ2v) is 9.25. The van der Waals surface area contributed by atoms with Crippen molar-refractivity contribution in [2.45, 2.75) is 50.7 Å². The van der Waals surface area contributed by atoms with Gasteiger partial charge in [0.25, 0.3) is 0 Å². The molecule has 3 fully saturated rings. The zero-order valence-electron chi connectivity index (χ0n) is 17.9. The van der Waals surface area contributed by atoms with Gasteiger partial charge in [-0.15, -0.1) is 0 Å². The number of nitrogens with zero attached hydrogens (tertiary/aromatic N) is 3. The molecule has 2 aliphatic heterocycles. The number of carbonyl (C=O) groups is 2. The van der Waals surface area contributed by atoms with E-state index in [1.165, 1.54) is 25.0 Å². The molecular weight excluding hydrogens is 423 g/mol. The van der Waals surface area contributed by atoms with E-state index in [4.69, 9.17) is 16.3 Å². The Hall–Kier alpha value is -1.90. The van der Waals surface area contributed by atoms with Crippen LogP contribution in [-0.4, -0.2) is 77.7 Å². The van der Waals surface area contributed by atoms with Gasteiger partial charge in [-0.05, 0) is 44.7 Å². The number of rotatable bonds is 5. The van der Waals surface area contributed by atoms with E-state index in [2.05, 4.69) is 10.2 Å². The number of hydrogen-bond acceptors (Lipinski definition) is 4. The van der Waals surface area contributed by atoms with Crippen LogP contribution in [0.2, 0.25) is 5.02 Å². The van der Waals surface area contributed by atoms with Crippen LogP contribution in [0.3, 0.4) is 0 Å². The van der Waals surface area contributed by atoms with Gasteiger partial charge in [0.15, 0.2) is 5.82 Å². The summed E-state index contributed by atoms with van der Waals surface area (Å²) in [6, 6.07) is 3.87. The van der Waals surface area contributed by atoms with Gasteiger partial charge >= 0.3 is 6.03 Å². The quantitative estimate of drug-likeness (QED) is 0.742. The van der Waals surface area contributed by atoms with Crippen molar-refractivity contribution in [2.75, 3.05) is 44.8 Å². The third kappa shape index (κ3) is 5.30. The highest BCUT2D eigenvalue weighted by Crippen LogP contribution is 2.44. The Morgan fingerprint density at radius 1 is 1.29 bits per heavy atom. The summed E-state index contributed by atoms with van der Waals surface area (Å²) in [6.45, 7) is 5.95. The second-order valence-electron chi connectivity index (χ2n) is 8.84. The Morgan fingerprint density at radius 3 is 2.81 bits per heavy atom. The summed E-state index contributed by atoms with van der Waals surface area (Å²) in [5.74, 6) is -0.616. The highest BCUT2D eigenvalue weighted by atomic mass is 35.5. The number of benzene rings is 1. The molecule has 1 saturated carbocycles. The molecule has 7 nitrogen and oxygen atoms in total. The van der Waals surface area contributed by atoms with Crippen molar-refractivity contribution in [3.8, 4) is 0 Å². The standard InChI is InChI=1S/C22H30ClFN4O3/c1-16-14-27(11-3-10-26-13-9-22(7-8-22)31-15-26)19(29)6-12-28(16)21(30)25-18-5-2-4-17(23)20(18)24/h2,4-5,16H,3,6-15H2,1H3,(H,25,30)/t16-/m1/s1. The molecule has 2 saturated heterocycles. The SMILES string of the molecule is C[C@@H]1CN(CCCN2CCC3(CC3)OC2)C(=O)CCN1C(=O)Nc1cccc(Cl)c1F. The molecule has 0 aromatic heterocycles. The van der Waals surface area contributed by atoms with Crippen LogP contribution in [0, 0.1) is 5.82 Å². The lowest BCUT2D eigenvalue weighted by atomic mass is 10.2. The third-order valence-corrected chi connectivity index (χ3v) is 6.83. The number of carbonyl (C=O) groups excluding carboxylic acids is 2. The Labute approximate surface area is 187 Å². The molecule has 9 heteroatoms. The van der Waals surface area contributed by atoms with Crippen molar-refractivity contribution >= 4 is 29.2 Å². The number of ether oxygens (including phenoxy) is 1. The molecule has 0 bridgehead atoms. The molecule has 3 amide bonds. The first kappa shape index (κ1) is 22.3. The third-order valence-electron chi connectivity index (χ3n) is 6.54. The maximum absolute atomic E-state index is 14.1. The molecule has 1 aromatic rings. The van der Waals surface area contributed by atoms with E-state index in [9.17, 15) is 14.0 Å². The van der Waals surface area contributed by atoms with E-state index in [-0.39, 0.29) is 34.7 Å². The zero-order chi connectivity index (χ0) is 22.0. The minimum atomic E-state index is -0.660. The number of urea groups is 1. The fraction of sp³-hybridized carbons (Fsp3) is 0.636. The van der Waals surface area contributed by atoms with Crippen molar-refractivity contribution in [3.05, 3.63) is 29.0 Å². The first-order valence-electron chi connectivity index (χ1n) is 11.0. The van der Waals surface area contributed by atoms with Gasteiger partial charge in [-0.25, -0.2) is 9.18 Å². The lowest BCUT2D eigenvalue weighted by Gasteiger charge is -2.33. The molecular formula is C22H30ClFN4O3. The molecule has 31 heavy (non-hydrogen) atoms. The van der Waals surface area contributed by atoms with E-state index < -0.39 is 11.8 Å². The van der Waals surface area contributed by atoms with E-state index >= 15 is 0 Å². The van der Waals surface area contributed by atoms with Gasteiger partial charge in [-0.1, -0.05) is 17.7 Å².